The highest BCUT2D eigenvalue weighted by atomic mass is 16.6. The third-order valence-corrected chi connectivity index (χ3v) is 2.48. The normalized spacial score (nSPS) is 11.6. The van der Waals surface area contributed by atoms with Gasteiger partial charge in [0.25, 0.3) is 5.69 Å². The Morgan fingerprint density at radius 1 is 1.24 bits per heavy atom. The summed E-state index contributed by atoms with van der Waals surface area (Å²) in [4.78, 5) is 37.9. The number of esters is 1. The lowest BCUT2D eigenvalue weighted by Gasteiger charge is -2.07. The average molecular weight is 292 g/mol. The Kier molecular flexibility index (Phi) is 3.88. The number of rotatable bonds is 5. The van der Waals surface area contributed by atoms with Gasteiger partial charge in [0.15, 0.2) is 5.82 Å². The number of benzene rings is 1. The first-order valence-corrected chi connectivity index (χ1v) is 5.58. The molecule has 0 aliphatic carbocycles. The van der Waals surface area contributed by atoms with Crippen LogP contribution in [0.15, 0.2) is 36.7 Å². The second kappa shape index (κ2) is 5.77. The number of ether oxygens (including phenoxy) is 1. The fourth-order valence-corrected chi connectivity index (χ4v) is 1.53. The van der Waals surface area contributed by atoms with Crippen LogP contribution in [0.5, 0.6) is 5.75 Å². The van der Waals surface area contributed by atoms with Crippen LogP contribution in [0.2, 0.25) is 0 Å². The molecule has 0 amide bonds. The highest BCUT2D eigenvalue weighted by Crippen LogP contribution is 2.20. The molecule has 0 fully saturated rings. The Bertz CT molecular complexity index is 667. The lowest BCUT2D eigenvalue weighted by Crippen LogP contribution is -2.26. The van der Waals surface area contributed by atoms with E-state index >= 15 is 0 Å². The van der Waals surface area contributed by atoms with Crippen molar-refractivity contribution < 1.29 is 19.4 Å². The van der Waals surface area contributed by atoms with Gasteiger partial charge >= 0.3 is 12.0 Å². The maximum Gasteiger partial charge on any atom is 0.395 e. The van der Waals surface area contributed by atoms with Gasteiger partial charge in [-0.15, -0.1) is 0 Å². The maximum atomic E-state index is 11.8. The van der Waals surface area contributed by atoms with Gasteiger partial charge < -0.3 is 9.72 Å². The SMILES string of the molecule is O=C(Oc1ccc([N+](=O)[O-])cc1)C(c1ncc[nH]1)[N+](=O)[O-]. The second-order valence-corrected chi connectivity index (χ2v) is 3.83. The summed E-state index contributed by atoms with van der Waals surface area (Å²) in [6.07, 6.45) is 2.61. The summed E-state index contributed by atoms with van der Waals surface area (Å²) in [5, 5.41) is 21.4. The van der Waals surface area contributed by atoms with Gasteiger partial charge in [-0.3, -0.25) is 20.2 Å². The van der Waals surface area contributed by atoms with Crippen molar-refractivity contribution in [1.82, 2.24) is 9.97 Å². The van der Waals surface area contributed by atoms with Crippen LogP contribution in [0.25, 0.3) is 0 Å². The van der Waals surface area contributed by atoms with E-state index in [0.29, 0.717) is 0 Å². The van der Waals surface area contributed by atoms with Gasteiger partial charge in [0.1, 0.15) is 5.75 Å². The van der Waals surface area contributed by atoms with E-state index in [9.17, 15) is 25.0 Å². The zero-order valence-electron chi connectivity index (χ0n) is 10.3. The van der Waals surface area contributed by atoms with Crippen molar-refractivity contribution in [1.29, 1.82) is 0 Å². The molecule has 108 valence electrons. The number of non-ortho nitro benzene ring substituents is 1. The summed E-state index contributed by atoms with van der Waals surface area (Å²) >= 11 is 0. The highest BCUT2D eigenvalue weighted by molar-refractivity contribution is 5.77. The number of aromatic nitrogens is 2. The van der Waals surface area contributed by atoms with Crippen LogP contribution >= 0.6 is 0 Å². The van der Waals surface area contributed by atoms with E-state index in [4.69, 9.17) is 4.74 Å². The molecule has 1 heterocycles. The molecule has 1 aromatic carbocycles. The number of carbonyl (C=O) groups is 1. The maximum absolute atomic E-state index is 11.8. The molecule has 10 heteroatoms. The number of nitro groups is 2. The number of nitrogens with one attached hydrogen (secondary N) is 1. The van der Waals surface area contributed by atoms with Crippen molar-refractivity contribution in [2.24, 2.45) is 0 Å². The first-order valence-electron chi connectivity index (χ1n) is 5.58. The second-order valence-electron chi connectivity index (χ2n) is 3.83. The number of carbonyl (C=O) groups excluding carboxylic acids is 1. The van der Waals surface area contributed by atoms with Crippen LogP contribution in [0.1, 0.15) is 11.9 Å². The molecule has 21 heavy (non-hydrogen) atoms. The lowest BCUT2D eigenvalue weighted by atomic mass is 10.3. The standard InChI is InChI=1S/C11H8N4O6/c16-11(9(15(19)20)10-12-5-6-13-10)21-8-3-1-7(2-4-8)14(17)18/h1-6,9H,(H,12,13). The highest BCUT2D eigenvalue weighted by Gasteiger charge is 2.36. The minimum Gasteiger partial charge on any atom is -0.421 e. The topological polar surface area (TPSA) is 141 Å². The molecule has 0 saturated heterocycles. The van der Waals surface area contributed by atoms with Crippen molar-refractivity contribution in [3.8, 4) is 5.75 Å². The molecule has 0 radical (unpaired) electrons. The van der Waals surface area contributed by atoms with Gasteiger partial charge in [0.2, 0.25) is 0 Å². The summed E-state index contributed by atoms with van der Waals surface area (Å²) in [5.74, 6) is -1.35. The number of imidazole rings is 1. The molecule has 1 N–H and O–H groups in total. The zero-order valence-corrected chi connectivity index (χ0v) is 10.3. The monoisotopic (exact) mass is 292 g/mol. The van der Waals surface area contributed by atoms with E-state index in [1.54, 1.807) is 0 Å². The molecule has 0 saturated carbocycles. The third-order valence-electron chi connectivity index (χ3n) is 2.48. The van der Waals surface area contributed by atoms with Crippen LogP contribution < -0.4 is 4.74 Å². The van der Waals surface area contributed by atoms with E-state index in [2.05, 4.69) is 9.97 Å². The minimum absolute atomic E-state index is 0.0380. The molecule has 1 aromatic heterocycles. The van der Waals surface area contributed by atoms with Gasteiger partial charge in [0, 0.05) is 29.4 Å². The zero-order chi connectivity index (χ0) is 15.4. The molecule has 1 atom stereocenters. The summed E-state index contributed by atoms with van der Waals surface area (Å²) < 4.78 is 4.83. The molecule has 0 aliphatic heterocycles. The van der Waals surface area contributed by atoms with Gasteiger partial charge in [-0.05, 0) is 12.1 Å². The summed E-state index contributed by atoms with van der Waals surface area (Å²) in [7, 11) is 0. The fourth-order valence-electron chi connectivity index (χ4n) is 1.53. The Morgan fingerprint density at radius 2 is 1.90 bits per heavy atom. The Morgan fingerprint density at radius 3 is 2.38 bits per heavy atom. The van der Waals surface area contributed by atoms with Crippen LogP contribution in [0, 0.1) is 20.2 Å². The van der Waals surface area contributed by atoms with E-state index < -0.39 is 21.9 Å². The molecule has 0 spiro atoms. The Hall–Kier alpha value is -3.30. The average Bonchev–Trinajstić information content (AvgIpc) is 2.92. The predicted molar refractivity (Wildman–Crippen MR) is 67.1 cm³/mol. The number of aromatic amines is 1. The fraction of sp³-hybridized carbons (Fsp3) is 0.0909. The number of H-pyrrole nitrogens is 1. The number of nitro benzene ring substituents is 1. The van der Waals surface area contributed by atoms with Crippen LogP contribution in [-0.4, -0.2) is 25.8 Å². The summed E-state index contributed by atoms with van der Waals surface area (Å²) in [5.41, 5.74) is -0.188. The largest absolute Gasteiger partial charge is 0.421 e. The summed E-state index contributed by atoms with van der Waals surface area (Å²) in [6.45, 7) is 0. The first-order chi connectivity index (χ1) is 9.99. The number of hydrogen-bond acceptors (Lipinski definition) is 7. The molecule has 2 aromatic rings. The number of nitrogens with zero attached hydrogens (tertiary/aromatic N) is 3. The van der Waals surface area contributed by atoms with Crippen molar-refractivity contribution in [2.75, 3.05) is 0 Å². The Balaban J connectivity index is 2.15. The molecule has 0 bridgehead atoms. The van der Waals surface area contributed by atoms with Crippen LogP contribution in [0.3, 0.4) is 0 Å². The minimum atomic E-state index is -1.80. The van der Waals surface area contributed by atoms with E-state index in [1.165, 1.54) is 24.5 Å². The molecular weight excluding hydrogens is 284 g/mol. The van der Waals surface area contributed by atoms with E-state index in [-0.39, 0.29) is 17.3 Å². The molecule has 1 unspecified atom stereocenters. The molecule has 10 nitrogen and oxygen atoms in total. The van der Waals surface area contributed by atoms with Gasteiger partial charge in [-0.25, -0.2) is 9.78 Å². The quantitative estimate of drug-likeness (QED) is 0.378. The van der Waals surface area contributed by atoms with E-state index in [0.717, 1.165) is 12.1 Å². The van der Waals surface area contributed by atoms with Crippen molar-refractivity contribution in [3.63, 3.8) is 0 Å². The van der Waals surface area contributed by atoms with Crippen molar-refractivity contribution in [2.45, 2.75) is 6.04 Å². The van der Waals surface area contributed by atoms with E-state index in [1.807, 2.05) is 0 Å². The molecular formula is C11H8N4O6. The molecule has 2 rings (SSSR count). The lowest BCUT2D eigenvalue weighted by molar-refractivity contribution is -0.517. The van der Waals surface area contributed by atoms with Gasteiger partial charge in [0.05, 0.1) is 4.92 Å². The molecule has 0 aliphatic rings. The van der Waals surface area contributed by atoms with Gasteiger partial charge in [-0.2, -0.15) is 0 Å². The summed E-state index contributed by atoms with van der Waals surface area (Å²) in [6, 6.07) is 2.80. The van der Waals surface area contributed by atoms with Crippen LogP contribution in [0.4, 0.5) is 5.69 Å². The first kappa shape index (κ1) is 14.1. The van der Waals surface area contributed by atoms with Crippen LogP contribution in [-0.2, 0) is 4.79 Å². The van der Waals surface area contributed by atoms with Gasteiger partial charge in [-0.1, -0.05) is 0 Å². The third kappa shape index (κ3) is 3.18. The Labute approximate surface area is 116 Å². The van der Waals surface area contributed by atoms with Crippen molar-refractivity contribution in [3.05, 3.63) is 62.7 Å². The van der Waals surface area contributed by atoms with Crippen molar-refractivity contribution >= 4 is 11.7 Å². The smallest absolute Gasteiger partial charge is 0.395 e. The predicted octanol–water partition coefficient (Wildman–Crippen LogP) is 1.24. The number of hydrogen-bond donors (Lipinski definition) is 1.